The quantitative estimate of drug-likeness (QED) is 0.581. The molecule has 0 amide bonds. The molecule has 0 fully saturated rings. The van der Waals surface area contributed by atoms with Gasteiger partial charge < -0.3 is 10.5 Å². The Kier molecular flexibility index (Phi) is 6.37. The maximum absolute atomic E-state index is 5.60. The minimum Gasteiger partial charge on any atom is -0.377 e. The van der Waals surface area contributed by atoms with Gasteiger partial charge in [-0.3, -0.25) is 0 Å². The molecule has 0 aliphatic carbocycles. The average molecular weight is 241 g/mol. The number of nitrogens with two attached hydrogens (primary N) is 1. The lowest BCUT2D eigenvalue weighted by Gasteiger charge is -2.13. The highest BCUT2D eigenvalue weighted by atomic mass is 32.2. The van der Waals surface area contributed by atoms with Crippen LogP contribution in [0.15, 0.2) is 17.4 Å². The predicted octanol–water partition coefficient (Wildman–Crippen LogP) is 1.63. The number of ether oxygens (including phenoxy) is 1. The Labute approximate surface area is 101 Å². The lowest BCUT2D eigenvalue weighted by atomic mass is 10.3. The summed E-state index contributed by atoms with van der Waals surface area (Å²) < 4.78 is 5.47. The van der Waals surface area contributed by atoms with E-state index in [9.17, 15) is 0 Å². The molecule has 0 bridgehead atoms. The minimum atomic E-state index is 0.155. The first kappa shape index (κ1) is 13.4. The Morgan fingerprint density at radius 1 is 1.56 bits per heavy atom. The number of aryl methyl sites for hydroxylation is 1. The standard InChI is InChI=1S/C11H19N3OS/c1-3-15-10(8-12)5-7-16-11-13-6-4-9(2)14-11/h4,6,10H,3,5,7-8,12H2,1-2H3. The van der Waals surface area contributed by atoms with Crippen LogP contribution >= 0.6 is 11.8 Å². The Morgan fingerprint density at radius 2 is 2.38 bits per heavy atom. The van der Waals surface area contributed by atoms with E-state index in [-0.39, 0.29) is 6.10 Å². The fourth-order valence-electron chi connectivity index (χ4n) is 1.28. The molecule has 0 aliphatic rings. The van der Waals surface area contributed by atoms with Gasteiger partial charge in [0.15, 0.2) is 5.16 Å². The summed E-state index contributed by atoms with van der Waals surface area (Å²) in [4.78, 5) is 8.51. The Hall–Kier alpha value is -0.650. The number of thioether (sulfide) groups is 1. The van der Waals surface area contributed by atoms with Gasteiger partial charge >= 0.3 is 0 Å². The molecule has 90 valence electrons. The summed E-state index contributed by atoms with van der Waals surface area (Å²) in [6, 6.07) is 1.90. The summed E-state index contributed by atoms with van der Waals surface area (Å²) in [6.45, 7) is 5.24. The molecule has 4 nitrogen and oxygen atoms in total. The van der Waals surface area contributed by atoms with E-state index in [1.54, 1.807) is 18.0 Å². The van der Waals surface area contributed by atoms with E-state index >= 15 is 0 Å². The Morgan fingerprint density at radius 3 is 3.00 bits per heavy atom. The van der Waals surface area contributed by atoms with Crippen LogP contribution in [0.3, 0.4) is 0 Å². The molecule has 2 N–H and O–H groups in total. The van der Waals surface area contributed by atoms with Crippen molar-refractivity contribution < 1.29 is 4.74 Å². The molecule has 1 atom stereocenters. The third-order valence-electron chi connectivity index (χ3n) is 2.11. The normalized spacial score (nSPS) is 12.7. The van der Waals surface area contributed by atoms with Crippen LogP contribution in [0.4, 0.5) is 0 Å². The fraction of sp³-hybridized carbons (Fsp3) is 0.636. The lowest BCUT2D eigenvalue weighted by Crippen LogP contribution is -2.24. The highest BCUT2D eigenvalue weighted by molar-refractivity contribution is 7.99. The van der Waals surface area contributed by atoms with Crippen LogP contribution in [0.25, 0.3) is 0 Å². The number of rotatable bonds is 7. The molecule has 1 aromatic rings. The van der Waals surface area contributed by atoms with Crippen LogP contribution in [-0.4, -0.2) is 35.0 Å². The van der Waals surface area contributed by atoms with Gasteiger partial charge in [0.25, 0.3) is 0 Å². The summed E-state index contributed by atoms with van der Waals surface area (Å²) in [6.07, 6.45) is 2.88. The molecule has 1 unspecified atom stereocenters. The van der Waals surface area contributed by atoms with Gasteiger partial charge in [-0.25, -0.2) is 9.97 Å². The van der Waals surface area contributed by atoms with Crippen LogP contribution in [0.1, 0.15) is 19.0 Å². The van der Waals surface area contributed by atoms with Crippen molar-refractivity contribution in [3.8, 4) is 0 Å². The summed E-state index contributed by atoms with van der Waals surface area (Å²) in [7, 11) is 0. The van der Waals surface area contributed by atoms with Crippen molar-refractivity contribution in [2.24, 2.45) is 5.73 Å². The van der Waals surface area contributed by atoms with Crippen molar-refractivity contribution in [1.82, 2.24) is 9.97 Å². The van der Waals surface area contributed by atoms with E-state index in [0.717, 1.165) is 23.0 Å². The van der Waals surface area contributed by atoms with E-state index < -0.39 is 0 Å². The van der Waals surface area contributed by atoms with Crippen molar-refractivity contribution in [3.63, 3.8) is 0 Å². The molecule has 0 spiro atoms. The molecule has 16 heavy (non-hydrogen) atoms. The molecule has 0 aliphatic heterocycles. The predicted molar refractivity (Wildman–Crippen MR) is 66.6 cm³/mol. The third-order valence-corrected chi connectivity index (χ3v) is 3.00. The zero-order valence-corrected chi connectivity index (χ0v) is 10.7. The second-order valence-electron chi connectivity index (χ2n) is 3.43. The lowest BCUT2D eigenvalue weighted by molar-refractivity contribution is 0.0674. The first-order valence-electron chi connectivity index (χ1n) is 5.50. The van der Waals surface area contributed by atoms with Gasteiger partial charge in [-0.2, -0.15) is 0 Å². The highest BCUT2D eigenvalue weighted by Crippen LogP contribution is 2.15. The second kappa shape index (κ2) is 7.60. The highest BCUT2D eigenvalue weighted by Gasteiger charge is 2.06. The first-order chi connectivity index (χ1) is 7.76. The summed E-state index contributed by atoms with van der Waals surface area (Å²) >= 11 is 1.65. The molecule has 5 heteroatoms. The van der Waals surface area contributed by atoms with Gasteiger partial charge in [0, 0.05) is 30.8 Å². The monoisotopic (exact) mass is 241 g/mol. The van der Waals surface area contributed by atoms with Crippen molar-refractivity contribution in [2.45, 2.75) is 31.5 Å². The van der Waals surface area contributed by atoms with Crippen molar-refractivity contribution in [2.75, 3.05) is 18.9 Å². The number of nitrogens with zero attached hydrogens (tertiary/aromatic N) is 2. The summed E-state index contributed by atoms with van der Waals surface area (Å²) in [5.74, 6) is 0.936. The van der Waals surface area contributed by atoms with Gasteiger partial charge in [0.2, 0.25) is 0 Å². The Balaban J connectivity index is 2.29. The van der Waals surface area contributed by atoms with Gasteiger partial charge in [-0.15, -0.1) is 0 Å². The molecule has 0 aromatic carbocycles. The summed E-state index contributed by atoms with van der Waals surface area (Å²) in [5.41, 5.74) is 6.59. The number of hydrogen-bond acceptors (Lipinski definition) is 5. The van der Waals surface area contributed by atoms with Gasteiger partial charge in [0.1, 0.15) is 0 Å². The second-order valence-corrected chi connectivity index (χ2v) is 4.49. The topological polar surface area (TPSA) is 61.0 Å². The largest absolute Gasteiger partial charge is 0.377 e. The molecule has 0 saturated heterocycles. The zero-order valence-electron chi connectivity index (χ0n) is 9.85. The van der Waals surface area contributed by atoms with Gasteiger partial charge in [-0.1, -0.05) is 11.8 Å². The average Bonchev–Trinajstić information content (AvgIpc) is 2.28. The third kappa shape index (κ3) is 4.92. The maximum Gasteiger partial charge on any atom is 0.187 e. The van der Waals surface area contributed by atoms with E-state index in [4.69, 9.17) is 10.5 Å². The number of aromatic nitrogens is 2. The smallest absolute Gasteiger partial charge is 0.187 e. The molecular weight excluding hydrogens is 222 g/mol. The zero-order chi connectivity index (χ0) is 11.8. The van der Waals surface area contributed by atoms with Crippen LogP contribution < -0.4 is 5.73 Å². The Bertz CT molecular complexity index is 309. The minimum absolute atomic E-state index is 0.155. The van der Waals surface area contributed by atoms with E-state index in [1.165, 1.54) is 0 Å². The van der Waals surface area contributed by atoms with E-state index in [1.807, 2.05) is 19.9 Å². The van der Waals surface area contributed by atoms with Crippen molar-refractivity contribution in [3.05, 3.63) is 18.0 Å². The van der Waals surface area contributed by atoms with Crippen molar-refractivity contribution >= 4 is 11.8 Å². The maximum atomic E-state index is 5.60. The SMILES string of the molecule is CCOC(CN)CCSc1nccc(C)n1. The fourth-order valence-corrected chi connectivity index (χ4v) is 2.19. The first-order valence-corrected chi connectivity index (χ1v) is 6.49. The molecule has 1 rings (SSSR count). The van der Waals surface area contributed by atoms with E-state index in [0.29, 0.717) is 13.2 Å². The van der Waals surface area contributed by atoms with Crippen LogP contribution in [-0.2, 0) is 4.74 Å². The number of hydrogen-bond donors (Lipinski definition) is 1. The molecule has 1 heterocycles. The van der Waals surface area contributed by atoms with Gasteiger partial charge in [-0.05, 0) is 26.3 Å². The van der Waals surface area contributed by atoms with Crippen LogP contribution in [0.5, 0.6) is 0 Å². The molecule has 0 radical (unpaired) electrons. The summed E-state index contributed by atoms with van der Waals surface area (Å²) in [5, 5.41) is 0.826. The van der Waals surface area contributed by atoms with Crippen LogP contribution in [0.2, 0.25) is 0 Å². The van der Waals surface area contributed by atoms with Crippen LogP contribution in [0, 0.1) is 6.92 Å². The van der Waals surface area contributed by atoms with Gasteiger partial charge in [0.05, 0.1) is 6.10 Å². The van der Waals surface area contributed by atoms with Crippen molar-refractivity contribution in [1.29, 1.82) is 0 Å². The molecular formula is C11H19N3OS. The molecule has 0 saturated carbocycles. The van der Waals surface area contributed by atoms with E-state index in [2.05, 4.69) is 9.97 Å². The molecule has 1 aromatic heterocycles.